The number of benzene rings is 2. The Kier molecular flexibility index (Phi) is 4.38. The molecule has 94 valence electrons. The molecule has 1 nitrogen and oxygen atoms in total. The van der Waals surface area contributed by atoms with E-state index < -0.39 is 0 Å². The Balaban J connectivity index is 2.19. The van der Waals surface area contributed by atoms with E-state index in [0.717, 1.165) is 5.56 Å². The number of nitrogens with two attached hydrogens (primary N) is 1. The lowest BCUT2D eigenvalue weighted by molar-refractivity contribution is 0.575. The van der Waals surface area contributed by atoms with E-state index in [2.05, 4.69) is 15.9 Å². The first-order valence-corrected chi connectivity index (χ1v) is 6.69. The average molecular weight is 329 g/mol. The van der Waals surface area contributed by atoms with Crippen LogP contribution in [0, 0.1) is 5.82 Å². The third-order valence-electron chi connectivity index (χ3n) is 2.75. The minimum Gasteiger partial charge on any atom is -0.324 e. The van der Waals surface area contributed by atoms with Gasteiger partial charge in [-0.2, -0.15) is 0 Å². The summed E-state index contributed by atoms with van der Waals surface area (Å²) in [5, 5.41) is 0.681. The number of rotatable bonds is 3. The zero-order valence-corrected chi connectivity index (χ0v) is 11.9. The zero-order valence-electron chi connectivity index (χ0n) is 9.54. The third kappa shape index (κ3) is 3.10. The van der Waals surface area contributed by atoms with Crippen LogP contribution in [0.2, 0.25) is 5.02 Å². The molecule has 4 heteroatoms. The molecule has 0 saturated carbocycles. The van der Waals surface area contributed by atoms with Gasteiger partial charge in [-0.1, -0.05) is 35.9 Å². The third-order valence-corrected chi connectivity index (χ3v) is 3.61. The Morgan fingerprint density at radius 1 is 1.17 bits per heavy atom. The Morgan fingerprint density at radius 3 is 2.50 bits per heavy atom. The van der Waals surface area contributed by atoms with Crippen molar-refractivity contribution in [3.05, 3.63) is 68.9 Å². The molecule has 0 saturated heterocycles. The largest absolute Gasteiger partial charge is 0.324 e. The summed E-state index contributed by atoms with van der Waals surface area (Å²) < 4.78 is 14.3. The van der Waals surface area contributed by atoms with Crippen LogP contribution in [-0.2, 0) is 6.42 Å². The molecular weight excluding hydrogens is 317 g/mol. The van der Waals surface area contributed by atoms with Crippen LogP contribution in [0.3, 0.4) is 0 Å². The molecule has 0 aliphatic heterocycles. The number of hydrogen-bond acceptors (Lipinski definition) is 1. The van der Waals surface area contributed by atoms with Gasteiger partial charge in [-0.25, -0.2) is 4.39 Å². The van der Waals surface area contributed by atoms with Crippen molar-refractivity contribution in [2.24, 2.45) is 5.73 Å². The first-order valence-electron chi connectivity index (χ1n) is 5.52. The molecule has 0 fully saturated rings. The van der Waals surface area contributed by atoms with E-state index in [0.29, 0.717) is 21.5 Å². The Hall–Kier alpha value is -0.900. The molecule has 18 heavy (non-hydrogen) atoms. The van der Waals surface area contributed by atoms with Crippen LogP contribution in [0.25, 0.3) is 0 Å². The van der Waals surface area contributed by atoms with Gasteiger partial charge in [0.2, 0.25) is 0 Å². The maximum absolute atomic E-state index is 13.9. The van der Waals surface area contributed by atoms with Gasteiger partial charge in [0.1, 0.15) is 5.82 Å². The summed E-state index contributed by atoms with van der Waals surface area (Å²) in [6.45, 7) is 0. The van der Waals surface area contributed by atoms with Gasteiger partial charge in [0, 0.05) is 16.6 Å². The molecule has 2 rings (SSSR count). The summed E-state index contributed by atoms with van der Waals surface area (Å²) in [7, 11) is 0. The Morgan fingerprint density at radius 2 is 1.83 bits per heavy atom. The summed E-state index contributed by atoms with van der Waals surface area (Å²) in [6, 6.07) is 12.2. The number of halogens is 3. The highest BCUT2D eigenvalue weighted by Gasteiger charge is 2.13. The van der Waals surface area contributed by atoms with Crippen molar-refractivity contribution in [3.63, 3.8) is 0 Å². The van der Waals surface area contributed by atoms with E-state index in [1.807, 2.05) is 12.1 Å². The monoisotopic (exact) mass is 327 g/mol. The van der Waals surface area contributed by atoms with Crippen LogP contribution in [0.15, 0.2) is 46.9 Å². The fourth-order valence-electron chi connectivity index (χ4n) is 1.79. The molecule has 0 heterocycles. The fourth-order valence-corrected chi connectivity index (χ4v) is 2.30. The highest BCUT2D eigenvalue weighted by molar-refractivity contribution is 9.10. The second kappa shape index (κ2) is 5.83. The predicted molar refractivity (Wildman–Crippen MR) is 76.2 cm³/mol. The van der Waals surface area contributed by atoms with Crippen molar-refractivity contribution in [3.8, 4) is 0 Å². The quantitative estimate of drug-likeness (QED) is 0.883. The topological polar surface area (TPSA) is 26.0 Å². The number of hydrogen-bond donors (Lipinski definition) is 1. The summed E-state index contributed by atoms with van der Waals surface area (Å²) in [6.07, 6.45) is 0.574. The molecule has 2 N–H and O–H groups in total. The molecule has 0 amide bonds. The molecule has 1 unspecified atom stereocenters. The van der Waals surface area contributed by atoms with E-state index in [4.69, 9.17) is 17.3 Å². The predicted octanol–water partition coefficient (Wildman–Crippen LogP) is 4.48. The summed E-state index contributed by atoms with van der Waals surface area (Å²) >= 11 is 8.98. The van der Waals surface area contributed by atoms with Crippen LogP contribution >= 0.6 is 27.5 Å². The van der Waals surface area contributed by atoms with Crippen LogP contribution in [-0.4, -0.2) is 0 Å². The van der Waals surface area contributed by atoms with Crippen molar-refractivity contribution in [2.75, 3.05) is 0 Å². The second-order valence-corrected chi connectivity index (χ2v) is 5.37. The lowest BCUT2D eigenvalue weighted by Crippen LogP contribution is -2.15. The summed E-state index contributed by atoms with van der Waals surface area (Å²) in [5.74, 6) is -0.293. The van der Waals surface area contributed by atoms with Crippen LogP contribution < -0.4 is 5.73 Å². The molecule has 0 spiro atoms. The minimum atomic E-state index is -0.372. The summed E-state index contributed by atoms with van der Waals surface area (Å²) in [4.78, 5) is 0. The SMILES string of the molecule is NC(Cc1ccc(Cl)cc1)c1cccc(Br)c1F. The van der Waals surface area contributed by atoms with E-state index >= 15 is 0 Å². The van der Waals surface area contributed by atoms with Gasteiger partial charge in [-0.15, -0.1) is 0 Å². The molecule has 2 aromatic carbocycles. The zero-order chi connectivity index (χ0) is 13.1. The van der Waals surface area contributed by atoms with Gasteiger partial charge in [-0.3, -0.25) is 0 Å². The Bertz CT molecular complexity index is 542. The minimum absolute atomic E-state index is 0.293. The van der Waals surface area contributed by atoms with E-state index in [9.17, 15) is 4.39 Å². The van der Waals surface area contributed by atoms with Crippen molar-refractivity contribution in [1.82, 2.24) is 0 Å². The molecule has 0 aromatic heterocycles. The first-order chi connectivity index (χ1) is 8.58. The van der Waals surface area contributed by atoms with Crippen molar-refractivity contribution in [2.45, 2.75) is 12.5 Å². The Labute approximate surface area is 119 Å². The van der Waals surface area contributed by atoms with E-state index in [-0.39, 0.29) is 11.9 Å². The van der Waals surface area contributed by atoms with Crippen molar-refractivity contribution in [1.29, 1.82) is 0 Å². The molecule has 1 atom stereocenters. The van der Waals surface area contributed by atoms with Crippen molar-refractivity contribution >= 4 is 27.5 Å². The van der Waals surface area contributed by atoms with Crippen LogP contribution in [0.1, 0.15) is 17.2 Å². The van der Waals surface area contributed by atoms with Crippen molar-refractivity contribution < 1.29 is 4.39 Å². The first kappa shape index (κ1) is 13.5. The lowest BCUT2D eigenvalue weighted by Gasteiger charge is -2.13. The molecule has 0 aliphatic rings. The maximum atomic E-state index is 13.9. The smallest absolute Gasteiger partial charge is 0.142 e. The van der Waals surface area contributed by atoms with Gasteiger partial charge in [0.25, 0.3) is 0 Å². The van der Waals surface area contributed by atoms with E-state index in [1.165, 1.54) is 0 Å². The average Bonchev–Trinajstić information content (AvgIpc) is 2.35. The molecule has 0 radical (unpaired) electrons. The highest BCUT2D eigenvalue weighted by atomic mass is 79.9. The second-order valence-electron chi connectivity index (χ2n) is 4.08. The molecule has 0 aliphatic carbocycles. The van der Waals surface area contributed by atoms with E-state index in [1.54, 1.807) is 30.3 Å². The normalized spacial score (nSPS) is 12.4. The maximum Gasteiger partial charge on any atom is 0.142 e. The highest BCUT2D eigenvalue weighted by Crippen LogP contribution is 2.25. The van der Waals surface area contributed by atoms with Crippen LogP contribution in [0.5, 0.6) is 0 Å². The molecule has 0 bridgehead atoms. The van der Waals surface area contributed by atoms with Crippen LogP contribution in [0.4, 0.5) is 4.39 Å². The van der Waals surface area contributed by atoms with Gasteiger partial charge in [0.05, 0.1) is 4.47 Å². The summed E-state index contributed by atoms with van der Waals surface area (Å²) in [5.41, 5.74) is 7.59. The van der Waals surface area contributed by atoms with Gasteiger partial charge in [0.15, 0.2) is 0 Å². The lowest BCUT2D eigenvalue weighted by atomic mass is 9.99. The van der Waals surface area contributed by atoms with Gasteiger partial charge in [-0.05, 0) is 46.1 Å². The van der Waals surface area contributed by atoms with Gasteiger partial charge >= 0.3 is 0 Å². The molecule has 2 aromatic rings. The molecular formula is C14H12BrClFN. The standard InChI is InChI=1S/C14H12BrClFN/c15-12-3-1-2-11(14(12)17)13(18)8-9-4-6-10(16)7-5-9/h1-7,13H,8,18H2. The fraction of sp³-hybridized carbons (Fsp3) is 0.143. The van der Waals surface area contributed by atoms with Gasteiger partial charge < -0.3 is 5.73 Å².